The Labute approximate surface area is 240 Å². The number of hydrogen-bond acceptors (Lipinski definition) is 4. The fourth-order valence-electron chi connectivity index (χ4n) is 4.67. The number of Topliss-reactive ketones (excluding diaryl/α,β-unsaturated/α-hetero) is 1. The van der Waals surface area contributed by atoms with Crippen molar-refractivity contribution in [1.29, 1.82) is 0 Å². The number of carbonyl (C=O) groups excluding carboxylic acids is 2. The molecule has 0 saturated heterocycles. The van der Waals surface area contributed by atoms with E-state index >= 15 is 0 Å². The van der Waals surface area contributed by atoms with Crippen LogP contribution in [-0.4, -0.2) is 27.9 Å². The number of nitrogens with one attached hydrogen (secondary N) is 2. The van der Waals surface area contributed by atoms with E-state index in [4.69, 9.17) is 0 Å². The second kappa shape index (κ2) is 14.0. The molecule has 2 amide bonds. The van der Waals surface area contributed by atoms with Crippen molar-refractivity contribution in [2.24, 2.45) is 5.92 Å². The zero-order valence-corrected chi connectivity index (χ0v) is 23.4. The lowest BCUT2D eigenvalue weighted by Gasteiger charge is -2.13. The van der Waals surface area contributed by atoms with Crippen LogP contribution in [0, 0.1) is 12.8 Å². The Balaban J connectivity index is 1.35. The fraction of sp³-hybridized carbons (Fsp3) is 0.235. The first-order chi connectivity index (χ1) is 19.8. The largest absolute Gasteiger partial charge is 0.481 e. The van der Waals surface area contributed by atoms with Gasteiger partial charge in [-0.05, 0) is 67.1 Å². The lowest BCUT2D eigenvalue weighted by atomic mass is 9.91. The number of aryl methyl sites for hydroxylation is 2. The van der Waals surface area contributed by atoms with Crippen LogP contribution in [0.3, 0.4) is 0 Å². The number of pyridine rings is 1. The summed E-state index contributed by atoms with van der Waals surface area (Å²) < 4.78 is 0. The summed E-state index contributed by atoms with van der Waals surface area (Å²) in [6.45, 7) is 4.02. The number of carboxylic acid groups (broad SMARTS) is 1. The molecule has 210 valence electrons. The van der Waals surface area contributed by atoms with Crippen molar-refractivity contribution in [2.45, 2.75) is 46.0 Å². The summed E-state index contributed by atoms with van der Waals surface area (Å²) in [6.07, 6.45) is 3.53. The monoisotopic (exact) mass is 549 g/mol. The molecule has 0 fully saturated rings. The van der Waals surface area contributed by atoms with E-state index in [-0.39, 0.29) is 18.2 Å². The molecule has 4 rings (SSSR count). The predicted octanol–water partition coefficient (Wildman–Crippen LogP) is 7.56. The summed E-state index contributed by atoms with van der Waals surface area (Å²) in [5, 5.41) is 15.3. The molecule has 3 aromatic carbocycles. The molecule has 0 bridgehead atoms. The second-order valence-corrected chi connectivity index (χ2v) is 10.1. The minimum atomic E-state index is -0.983. The van der Waals surface area contributed by atoms with E-state index in [1.807, 2.05) is 79.7 Å². The van der Waals surface area contributed by atoms with Crippen molar-refractivity contribution >= 4 is 29.3 Å². The highest BCUT2D eigenvalue weighted by molar-refractivity contribution is 5.99. The SMILES string of the molecule is CCCCc1ccc(NC(=O)Nc2ccc(-c3ccc(C(=O)CC(Cc4ccccc4)C(=O)O)cc3)c(C)n2)cc1. The van der Waals surface area contributed by atoms with Crippen molar-refractivity contribution in [1.82, 2.24) is 4.98 Å². The van der Waals surface area contributed by atoms with E-state index in [1.165, 1.54) is 5.56 Å². The van der Waals surface area contributed by atoms with Gasteiger partial charge >= 0.3 is 12.0 Å². The maximum atomic E-state index is 12.9. The number of unbranched alkanes of at least 4 members (excludes halogenated alkanes) is 1. The van der Waals surface area contributed by atoms with Crippen LogP contribution in [0.5, 0.6) is 0 Å². The highest BCUT2D eigenvalue weighted by Crippen LogP contribution is 2.25. The van der Waals surface area contributed by atoms with E-state index in [2.05, 4.69) is 22.5 Å². The molecular formula is C34H35N3O4. The number of aromatic nitrogens is 1. The smallest absolute Gasteiger partial charge is 0.324 e. The van der Waals surface area contributed by atoms with Crippen LogP contribution >= 0.6 is 0 Å². The average molecular weight is 550 g/mol. The van der Waals surface area contributed by atoms with Crippen LogP contribution < -0.4 is 10.6 Å². The molecule has 1 atom stereocenters. The Kier molecular flexibility index (Phi) is 9.99. The Morgan fingerprint density at radius 2 is 1.54 bits per heavy atom. The third kappa shape index (κ3) is 8.35. The van der Waals surface area contributed by atoms with Crippen LogP contribution in [0.2, 0.25) is 0 Å². The molecule has 1 heterocycles. The van der Waals surface area contributed by atoms with Gasteiger partial charge in [-0.1, -0.05) is 80.1 Å². The summed E-state index contributed by atoms with van der Waals surface area (Å²) in [5.41, 5.74) is 5.76. The van der Waals surface area contributed by atoms with E-state index in [1.54, 1.807) is 18.2 Å². The molecule has 7 nitrogen and oxygen atoms in total. The number of urea groups is 1. The van der Waals surface area contributed by atoms with Gasteiger partial charge in [-0.2, -0.15) is 0 Å². The summed E-state index contributed by atoms with van der Waals surface area (Å²) in [7, 11) is 0. The van der Waals surface area contributed by atoms with E-state index < -0.39 is 11.9 Å². The fourth-order valence-corrected chi connectivity index (χ4v) is 4.67. The zero-order chi connectivity index (χ0) is 29.2. The number of hydrogen-bond donors (Lipinski definition) is 3. The molecule has 41 heavy (non-hydrogen) atoms. The number of carboxylic acids is 1. The van der Waals surface area contributed by atoms with Gasteiger partial charge in [0.25, 0.3) is 0 Å². The quantitative estimate of drug-likeness (QED) is 0.158. The van der Waals surface area contributed by atoms with Gasteiger partial charge in [0.05, 0.1) is 5.92 Å². The number of rotatable bonds is 12. The van der Waals surface area contributed by atoms with E-state index in [9.17, 15) is 19.5 Å². The zero-order valence-electron chi connectivity index (χ0n) is 23.4. The normalized spacial score (nSPS) is 11.5. The van der Waals surface area contributed by atoms with Gasteiger partial charge in [-0.25, -0.2) is 9.78 Å². The Morgan fingerprint density at radius 3 is 2.17 bits per heavy atom. The molecule has 1 unspecified atom stereocenters. The Bertz CT molecular complexity index is 1480. The Morgan fingerprint density at radius 1 is 0.829 bits per heavy atom. The van der Waals surface area contributed by atoms with Crippen molar-refractivity contribution in [3.05, 3.63) is 113 Å². The standard InChI is InChI=1S/C34H35N3O4/c1-3-4-8-24-11-17-29(18-12-24)36-34(41)37-32-20-19-30(23(2)35-32)26-13-15-27(16-14-26)31(38)22-28(33(39)40)21-25-9-6-5-7-10-25/h5-7,9-20,28H,3-4,8,21-22H2,1-2H3,(H,39,40)(H2,35,36,37,41). The average Bonchev–Trinajstić information content (AvgIpc) is 2.97. The maximum Gasteiger partial charge on any atom is 0.324 e. The first-order valence-electron chi connectivity index (χ1n) is 13.9. The molecule has 0 saturated carbocycles. The predicted molar refractivity (Wildman–Crippen MR) is 162 cm³/mol. The van der Waals surface area contributed by atoms with Crippen LogP contribution in [0.4, 0.5) is 16.3 Å². The molecule has 3 N–H and O–H groups in total. The molecule has 0 aliphatic rings. The highest BCUT2D eigenvalue weighted by atomic mass is 16.4. The summed E-state index contributed by atoms with van der Waals surface area (Å²) in [6, 6.07) is 27.5. The first-order valence-corrected chi connectivity index (χ1v) is 13.9. The molecule has 7 heteroatoms. The number of benzene rings is 3. The van der Waals surface area contributed by atoms with E-state index in [0.29, 0.717) is 23.5 Å². The van der Waals surface area contributed by atoms with Crippen molar-refractivity contribution in [3.8, 4) is 11.1 Å². The van der Waals surface area contributed by atoms with Crippen molar-refractivity contribution in [2.75, 3.05) is 10.6 Å². The van der Waals surface area contributed by atoms with Gasteiger partial charge in [0.1, 0.15) is 5.82 Å². The molecule has 0 aliphatic carbocycles. The highest BCUT2D eigenvalue weighted by Gasteiger charge is 2.22. The van der Waals surface area contributed by atoms with E-state index in [0.717, 1.165) is 41.6 Å². The molecule has 0 spiro atoms. The van der Waals surface area contributed by atoms with Gasteiger partial charge in [-0.3, -0.25) is 14.9 Å². The van der Waals surface area contributed by atoms with Crippen molar-refractivity contribution in [3.63, 3.8) is 0 Å². The maximum absolute atomic E-state index is 12.9. The topological polar surface area (TPSA) is 108 Å². The third-order valence-corrected chi connectivity index (χ3v) is 6.98. The molecule has 0 radical (unpaired) electrons. The van der Waals surface area contributed by atoms with Gasteiger partial charge in [0, 0.05) is 28.9 Å². The number of carbonyl (C=O) groups is 3. The van der Waals surface area contributed by atoms with Crippen LogP contribution in [-0.2, 0) is 17.6 Å². The lowest BCUT2D eigenvalue weighted by Crippen LogP contribution is -2.20. The molecule has 4 aromatic rings. The first kappa shape index (κ1) is 29.2. The minimum absolute atomic E-state index is 0.0738. The van der Waals surface area contributed by atoms with Crippen LogP contribution in [0.15, 0.2) is 91.0 Å². The minimum Gasteiger partial charge on any atom is -0.481 e. The third-order valence-electron chi connectivity index (χ3n) is 6.98. The molecule has 1 aromatic heterocycles. The van der Waals surface area contributed by atoms with Gasteiger partial charge < -0.3 is 10.4 Å². The van der Waals surface area contributed by atoms with Gasteiger partial charge in [0.15, 0.2) is 5.78 Å². The van der Waals surface area contributed by atoms with Crippen LogP contribution in [0.25, 0.3) is 11.1 Å². The van der Waals surface area contributed by atoms with Crippen LogP contribution in [0.1, 0.15) is 53.4 Å². The lowest BCUT2D eigenvalue weighted by molar-refractivity contribution is -0.141. The molecular weight excluding hydrogens is 514 g/mol. The van der Waals surface area contributed by atoms with Gasteiger partial charge in [0.2, 0.25) is 0 Å². The second-order valence-electron chi connectivity index (χ2n) is 10.1. The summed E-state index contributed by atoms with van der Waals surface area (Å²) in [5.74, 6) is -1.56. The number of ketones is 1. The molecule has 0 aliphatic heterocycles. The number of aliphatic carboxylic acids is 1. The summed E-state index contributed by atoms with van der Waals surface area (Å²) >= 11 is 0. The van der Waals surface area contributed by atoms with Gasteiger partial charge in [-0.15, -0.1) is 0 Å². The van der Waals surface area contributed by atoms with Crippen molar-refractivity contribution < 1.29 is 19.5 Å². The number of anilines is 2. The number of amides is 2. The Hall–Kier alpha value is -4.78. The summed E-state index contributed by atoms with van der Waals surface area (Å²) in [4.78, 5) is 41.7. The number of nitrogens with zero attached hydrogens (tertiary/aromatic N) is 1.